The number of esters is 1. The Bertz CT molecular complexity index is 728. The minimum atomic E-state index is -1.51. The van der Waals surface area contributed by atoms with Crippen molar-refractivity contribution in [1.82, 2.24) is 0 Å². The van der Waals surface area contributed by atoms with Crippen LogP contribution in [0, 0.1) is 46.3 Å². The number of carbonyl (C=O) groups is 2. The van der Waals surface area contributed by atoms with E-state index >= 15 is 4.39 Å². The molecule has 4 saturated carbocycles. The van der Waals surface area contributed by atoms with Gasteiger partial charge in [0.15, 0.2) is 12.0 Å². The maximum Gasteiger partial charge on any atom is 0.305 e. The Balaban J connectivity index is 1.59. The number of halogens is 2. The highest BCUT2D eigenvalue weighted by Gasteiger charge is 2.66. The van der Waals surface area contributed by atoms with Gasteiger partial charge in [-0.3, -0.25) is 9.59 Å². The number of hydrogen-bond acceptors (Lipinski definition) is 4. The van der Waals surface area contributed by atoms with Gasteiger partial charge in [0.25, 0.3) is 0 Å². The zero-order chi connectivity index (χ0) is 22.7. The van der Waals surface area contributed by atoms with E-state index in [9.17, 15) is 19.1 Å². The average Bonchev–Trinajstić information content (AvgIpc) is 3.09. The highest BCUT2D eigenvalue weighted by atomic mass is 19.1. The van der Waals surface area contributed by atoms with Gasteiger partial charge in [-0.1, -0.05) is 20.8 Å². The second kappa shape index (κ2) is 8.07. The quantitative estimate of drug-likeness (QED) is 0.645. The van der Waals surface area contributed by atoms with Gasteiger partial charge in [-0.15, -0.1) is 0 Å². The number of methoxy groups -OCH3 is 1. The van der Waals surface area contributed by atoms with Crippen molar-refractivity contribution >= 4 is 11.8 Å². The molecule has 31 heavy (non-hydrogen) atoms. The highest BCUT2D eigenvalue weighted by Crippen LogP contribution is 2.68. The molecule has 0 saturated heterocycles. The fraction of sp³-hybridized carbons (Fsp3) is 0.920. The summed E-state index contributed by atoms with van der Waals surface area (Å²) in [5, 5.41) is 10.0. The first-order valence-electron chi connectivity index (χ1n) is 12.1. The van der Waals surface area contributed by atoms with Crippen LogP contribution in [0.25, 0.3) is 0 Å². The Kier molecular flexibility index (Phi) is 6.02. The summed E-state index contributed by atoms with van der Waals surface area (Å²) in [4.78, 5) is 24.8. The van der Waals surface area contributed by atoms with Crippen molar-refractivity contribution in [2.45, 2.75) is 90.6 Å². The van der Waals surface area contributed by atoms with Gasteiger partial charge in [-0.2, -0.15) is 0 Å². The number of aliphatic hydroxyl groups is 1. The van der Waals surface area contributed by atoms with Crippen LogP contribution in [0.1, 0.15) is 72.1 Å². The molecule has 0 amide bonds. The van der Waals surface area contributed by atoms with E-state index in [1.54, 1.807) is 0 Å². The van der Waals surface area contributed by atoms with Gasteiger partial charge in [-0.25, -0.2) is 8.78 Å². The number of ether oxygens (including phenoxy) is 1. The molecule has 0 radical (unpaired) electrons. The van der Waals surface area contributed by atoms with E-state index in [1.165, 1.54) is 7.11 Å². The summed E-state index contributed by atoms with van der Waals surface area (Å²) in [7, 11) is 1.41. The summed E-state index contributed by atoms with van der Waals surface area (Å²) >= 11 is 0. The van der Waals surface area contributed by atoms with Crippen molar-refractivity contribution in [2.24, 2.45) is 46.3 Å². The van der Waals surface area contributed by atoms with Gasteiger partial charge in [0.1, 0.15) is 6.17 Å². The Morgan fingerprint density at radius 1 is 1.19 bits per heavy atom. The van der Waals surface area contributed by atoms with Crippen molar-refractivity contribution in [3.8, 4) is 0 Å². The number of ketones is 1. The van der Waals surface area contributed by atoms with Crippen molar-refractivity contribution < 1.29 is 28.2 Å². The first kappa shape index (κ1) is 23.1. The molecule has 4 rings (SSSR count). The molecule has 0 spiro atoms. The Labute approximate surface area is 184 Å². The zero-order valence-corrected chi connectivity index (χ0v) is 19.3. The van der Waals surface area contributed by atoms with E-state index in [2.05, 4.69) is 13.8 Å². The maximum atomic E-state index is 15.7. The molecule has 0 aliphatic heterocycles. The minimum Gasteiger partial charge on any atom is -0.469 e. The molecule has 1 N–H and O–H groups in total. The first-order chi connectivity index (χ1) is 14.5. The van der Waals surface area contributed by atoms with Gasteiger partial charge < -0.3 is 9.84 Å². The van der Waals surface area contributed by atoms with Crippen LogP contribution in [-0.4, -0.2) is 42.4 Å². The van der Waals surface area contributed by atoms with E-state index in [1.807, 2.05) is 6.92 Å². The molecule has 6 heteroatoms. The minimum absolute atomic E-state index is 0.0156. The summed E-state index contributed by atoms with van der Waals surface area (Å²) in [5.41, 5.74) is -0.632. The lowest BCUT2D eigenvalue weighted by Crippen LogP contribution is -2.63. The zero-order valence-electron chi connectivity index (χ0n) is 19.3. The largest absolute Gasteiger partial charge is 0.469 e. The number of aliphatic hydroxyl groups excluding tert-OH is 1. The summed E-state index contributed by atoms with van der Waals surface area (Å²) in [6.07, 6.45) is 0.976. The maximum absolute atomic E-state index is 15.7. The topological polar surface area (TPSA) is 63.6 Å². The first-order valence-corrected chi connectivity index (χ1v) is 12.1. The number of rotatable bonds is 4. The summed E-state index contributed by atoms with van der Waals surface area (Å²) in [5.74, 6) is -0.725. The molecule has 0 bridgehead atoms. The predicted octanol–water partition coefficient (Wildman–Crippen LogP) is 4.67. The van der Waals surface area contributed by atoms with E-state index in [-0.39, 0.29) is 42.0 Å². The van der Waals surface area contributed by atoms with Gasteiger partial charge in [0, 0.05) is 18.3 Å². The van der Waals surface area contributed by atoms with Crippen LogP contribution < -0.4 is 0 Å². The SMILES string of the molecule is COC(=O)CC[C@@H](C)[C@H]1CCC2C3C(CC[C@@]21C)[C@@]1(C)C[C@H](F)[C@@H](O)C[C@@H]1C(=O)[C@H]3F. The second-order valence-corrected chi connectivity index (χ2v) is 11.5. The van der Waals surface area contributed by atoms with Crippen molar-refractivity contribution in [3.05, 3.63) is 0 Å². The molecule has 4 fully saturated rings. The third-order valence-electron chi connectivity index (χ3n) is 10.3. The summed E-state index contributed by atoms with van der Waals surface area (Å²) in [6, 6.07) is 0. The highest BCUT2D eigenvalue weighted by molar-refractivity contribution is 5.87. The molecule has 0 heterocycles. The van der Waals surface area contributed by atoms with Crippen LogP contribution >= 0.6 is 0 Å². The van der Waals surface area contributed by atoms with Crippen LogP contribution in [0.3, 0.4) is 0 Å². The van der Waals surface area contributed by atoms with Crippen LogP contribution in [0.4, 0.5) is 8.78 Å². The monoisotopic (exact) mass is 440 g/mol. The fourth-order valence-electron chi connectivity index (χ4n) is 8.59. The van der Waals surface area contributed by atoms with Crippen molar-refractivity contribution in [1.29, 1.82) is 0 Å². The molecule has 4 aliphatic rings. The fourth-order valence-corrected chi connectivity index (χ4v) is 8.59. The molecular weight excluding hydrogens is 402 g/mol. The molecule has 11 atom stereocenters. The molecule has 0 aromatic heterocycles. The second-order valence-electron chi connectivity index (χ2n) is 11.5. The number of alkyl halides is 2. The van der Waals surface area contributed by atoms with Crippen LogP contribution in [0.5, 0.6) is 0 Å². The van der Waals surface area contributed by atoms with Crippen molar-refractivity contribution in [2.75, 3.05) is 7.11 Å². The number of carbonyl (C=O) groups excluding carboxylic acids is 2. The number of fused-ring (bicyclic) bond motifs is 5. The number of hydrogen-bond donors (Lipinski definition) is 1. The van der Waals surface area contributed by atoms with E-state index < -0.39 is 35.6 Å². The van der Waals surface area contributed by atoms with Crippen LogP contribution in [-0.2, 0) is 14.3 Å². The van der Waals surface area contributed by atoms with Crippen molar-refractivity contribution in [3.63, 3.8) is 0 Å². The normalized spacial score (nSPS) is 50.2. The van der Waals surface area contributed by atoms with Crippen LogP contribution in [0.15, 0.2) is 0 Å². The van der Waals surface area contributed by atoms with E-state index in [0.29, 0.717) is 18.3 Å². The Hall–Kier alpha value is -1.04. The smallest absolute Gasteiger partial charge is 0.305 e. The Morgan fingerprint density at radius 3 is 2.55 bits per heavy atom. The van der Waals surface area contributed by atoms with Gasteiger partial charge >= 0.3 is 5.97 Å². The Morgan fingerprint density at radius 2 is 1.87 bits per heavy atom. The molecule has 4 nitrogen and oxygen atoms in total. The summed E-state index contributed by atoms with van der Waals surface area (Å²) in [6.45, 7) is 6.42. The summed E-state index contributed by atoms with van der Waals surface area (Å²) < 4.78 is 35.1. The standard InChI is InChI=1S/C25H38F2O4/c1-13(5-8-20(29)31-4)14-6-7-15-21-16(9-10-24(14,15)2)25(3)12-18(26)19(28)11-17(25)23(30)22(21)27/h13-19,21-22,28H,5-12H2,1-4H3/t13-,14-,15?,16?,17-,18+,19+,21?,22+,24-,25-/m1/s1. The molecule has 0 aromatic rings. The molecule has 0 aromatic carbocycles. The molecule has 3 unspecified atom stereocenters. The van der Waals surface area contributed by atoms with E-state index in [4.69, 9.17) is 4.74 Å². The molecule has 176 valence electrons. The van der Waals surface area contributed by atoms with E-state index in [0.717, 1.165) is 32.1 Å². The molecular formula is C25H38F2O4. The molecule has 4 aliphatic carbocycles. The lowest BCUT2D eigenvalue weighted by molar-refractivity contribution is -0.182. The lowest BCUT2D eigenvalue weighted by Gasteiger charge is -2.61. The van der Waals surface area contributed by atoms with Gasteiger partial charge in [0.2, 0.25) is 0 Å². The predicted molar refractivity (Wildman–Crippen MR) is 113 cm³/mol. The third kappa shape index (κ3) is 3.46. The van der Waals surface area contributed by atoms with Gasteiger partial charge in [-0.05, 0) is 79.4 Å². The lowest BCUT2D eigenvalue weighted by atomic mass is 9.43. The van der Waals surface area contributed by atoms with Gasteiger partial charge in [0.05, 0.1) is 13.2 Å². The average molecular weight is 441 g/mol. The third-order valence-corrected chi connectivity index (χ3v) is 10.3. The van der Waals surface area contributed by atoms with Crippen LogP contribution in [0.2, 0.25) is 0 Å². The number of Topliss-reactive ketones (excluding diaryl/α,β-unsaturated/α-hetero) is 1.